The Morgan fingerprint density at radius 1 is 1.44 bits per heavy atom. The minimum Gasteiger partial charge on any atom is -0.481 e. The molecule has 0 amide bonds. The zero-order valence-corrected chi connectivity index (χ0v) is 8.77. The number of pyridine rings is 1. The Bertz CT molecular complexity index is 372. The summed E-state index contributed by atoms with van der Waals surface area (Å²) in [5.74, 6) is -0.627. The topological polar surface area (TPSA) is 53.4 Å². The first kappa shape index (κ1) is 10.9. The van der Waals surface area contributed by atoms with E-state index in [0.29, 0.717) is 31.7 Å². The van der Waals surface area contributed by atoms with Gasteiger partial charge in [0.15, 0.2) is 0 Å². The zero-order chi connectivity index (χ0) is 11.5. The largest absolute Gasteiger partial charge is 0.481 e. The molecular weight excluding hydrogens is 211 g/mol. The van der Waals surface area contributed by atoms with E-state index in [1.165, 1.54) is 12.3 Å². The third-order valence-electron chi connectivity index (χ3n) is 2.88. The summed E-state index contributed by atoms with van der Waals surface area (Å²) in [6.07, 6.45) is 2.42. The number of carboxylic acid groups (broad SMARTS) is 1. The number of rotatable bonds is 2. The Morgan fingerprint density at radius 2 is 2.12 bits per heavy atom. The van der Waals surface area contributed by atoms with Crippen LogP contribution in [-0.4, -0.2) is 29.1 Å². The summed E-state index contributed by atoms with van der Waals surface area (Å²) in [5, 5.41) is 8.85. The second kappa shape index (κ2) is 4.47. The lowest BCUT2D eigenvalue weighted by molar-refractivity contribution is -0.142. The van der Waals surface area contributed by atoms with E-state index < -0.39 is 5.97 Å². The number of hydrogen-bond acceptors (Lipinski definition) is 3. The van der Waals surface area contributed by atoms with Crippen molar-refractivity contribution in [1.82, 2.24) is 4.98 Å². The molecule has 0 unspecified atom stereocenters. The first-order valence-electron chi connectivity index (χ1n) is 5.26. The van der Waals surface area contributed by atoms with Gasteiger partial charge < -0.3 is 10.0 Å². The Kier molecular flexibility index (Phi) is 3.03. The molecular formula is C11H13FN2O2. The van der Waals surface area contributed by atoms with Crippen LogP contribution in [0.1, 0.15) is 12.8 Å². The van der Waals surface area contributed by atoms with Crippen molar-refractivity contribution in [2.24, 2.45) is 5.92 Å². The number of carboxylic acids is 1. The Balaban J connectivity index is 1.99. The van der Waals surface area contributed by atoms with Crippen molar-refractivity contribution in [2.45, 2.75) is 12.8 Å². The van der Waals surface area contributed by atoms with Crippen molar-refractivity contribution < 1.29 is 14.3 Å². The van der Waals surface area contributed by atoms with Crippen molar-refractivity contribution in [3.8, 4) is 0 Å². The molecule has 5 heteroatoms. The van der Waals surface area contributed by atoms with E-state index in [1.54, 1.807) is 6.07 Å². The van der Waals surface area contributed by atoms with Gasteiger partial charge in [-0.15, -0.1) is 0 Å². The maximum Gasteiger partial charge on any atom is 0.306 e. The third kappa shape index (κ3) is 2.29. The minimum atomic E-state index is -0.730. The molecule has 86 valence electrons. The number of hydrogen-bond donors (Lipinski definition) is 1. The molecule has 2 rings (SSSR count). The summed E-state index contributed by atoms with van der Waals surface area (Å²) in [6.45, 7) is 1.32. The first-order valence-corrected chi connectivity index (χ1v) is 5.26. The fraction of sp³-hybridized carbons (Fsp3) is 0.455. The molecule has 4 nitrogen and oxygen atoms in total. The number of aliphatic carboxylic acids is 1. The molecule has 0 aromatic carbocycles. The fourth-order valence-electron chi connectivity index (χ4n) is 1.91. The van der Waals surface area contributed by atoms with E-state index in [2.05, 4.69) is 4.98 Å². The normalized spacial score (nSPS) is 17.4. The van der Waals surface area contributed by atoms with Crippen LogP contribution in [0.25, 0.3) is 0 Å². The highest BCUT2D eigenvalue weighted by Gasteiger charge is 2.24. The van der Waals surface area contributed by atoms with E-state index >= 15 is 0 Å². The molecule has 0 saturated carbocycles. The van der Waals surface area contributed by atoms with Gasteiger partial charge in [-0.25, -0.2) is 9.37 Å². The summed E-state index contributed by atoms with van der Waals surface area (Å²) in [6, 6.07) is 2.99. The molecule has 1 N–H and O–H groups in total. The van der Waals surface area contributed by atoms with Gasteiger partial charge in [-0.05, 0) is 25.0 Å². The lowest BCUT2D eigenvalue weighted by Gasteiger charge is -2.30. The van der Waals surface area contributed by atoms with Crippen molar-refractivity contribution in [3.63, 3.8) is 0 Å². The second-order valence-corrected chi connectivity index (χ2v) is 3.93. The van der Waals surface area contributed by atoms with Crippen LogP contribution in [0.5, 0.6) is 0 Å². The molecule has 1 aromatic rings. The van der Waals surface area contributed by atoms with Crippen molar-refractivity contribution >= 4 is 11.8 Å². The van der Waals surface area contributed by atoms with Gasteiger partial charge in [-0.2, -0.15) is 0 Å². The molecule has 0 bridgehead atoms. The molecule has 1 aromatic heterocycles. The summed E-state index contributed by atoms with van der Waals surface area (Å²) >= 11 is 0. The molecule has 0 atom stereocenters. The molecule has 1 saturated heterocycles. The highest BCUT2D eigenvalue weighted by molar-refractivity contribution is 5.70. The number of piperidine rings is 1. The van der Waals surface area contributed by atoms with Crippen LogP contribution in [0.2, 0.25) is 0 Å². The smallest absolute Gasteiger partial charge is 0.306 e. The SMILES string of the molecule is O=C(O)C1CCN(c2ccc(F)cn2)CC1. The number of carbonyl (C=O) groups is 1. The van der Waals surface area contributed by atoms with Crippen LogP contribution in [0.4, 0.5) is 10.2 Å². The van der Waals surface area contributed by atoms with E-state index in [4.69, 9.17) is 5.11 Å². The highest BCUT2D eigenvalue weighted by atomic mass is 19.1. The second-order valence-electron chi connectivity index (χ2n) is 3.93. The van der Waals surface area contributed by atoms with Gasteiger partial charge in [-0.3, -0.25) is 4.79 Å². The van der Waals surface area contributed by atoms with Gasteiger partial charge in [0.05, 0.1) is 12.1 Å². The van der Waals surface area contributed by atoms with Gasteiger partial charge in [0.25, 0.3) is 0 Å². The van der Waals surface area contributed by atoms with Crippen LogP contribution in [0.3, 0.4) is 0 Å². The van der Waals surface area contributed by atoms with Crippen molar-refractivity contribution in [2.75, 3.05) is 18.0 Å². The van der Waals surface area contributed by atoms with E-state index in [0.717, 1.165) is 0 Å². The van der Waals surface area contributed by atoms with Crippen LogP contribution in [0.15, 0.2) is 18.3 Å². The van der Waals surface area contributed by atoms with Gasteiger partial charge in [0.1, 0.15) is 11.6 Å². The average molecular weight is 224 g/mol. The summed E-state index contributed by atoms with van der Waals surface area (Å²) in [7, 11) is 0. The molecule has 1 aliphatic heterocycles. The summed E-state index contributed by atoms with van der Waals surface area (Å²) < 4.78 is 12.7. The third-order valence-corrected chi connectivity index (χ3v) is 2.88. The maximum atomic E-state index is 12.7. The standard InChI is InChI=1S/C11H13FN2O2/c12-9-1-2-10(13-7-9)14-5-3-8(4-6-14)11(15)16/h1-2,7-8H,3-6H2,(H,15,16). The number of aromatic nitrogens is 1. The van der Waals surface area contributed by atoms with Gasteiger partial charge in [0.2, 0.25) is 0 Å². The summed E-state index contributed by atoms with van der Waals surface area (Å²) in [5.41, 5.74) is 0. The van der Waals surface area contributed by atoms with Crippen LogP contribution in [0, 0.1) is 11.7 Å². The molecule has 0 aliphatic carbocycles. The predicted molar refractivity (Wildman–Crippen MR) is 56.8 cm³/mol. The number of nitrogens with zero attached hydrogens (tertiary/aromatic N) is 2. The van der Waals surface area contributed by atoms with Crippen LogP contribution >= 0.6 is 0 Å². The molecule has 2 heterocycles. The Hall–Kier alpha value is -1.65. The molecule has 1 aliphatic rings. The first-order chi connectivity index (χ1) is 7.66. The van der Waals surface area contributed by atoms with Gasteiger partial charge in [-0.1, -0.05) is 0 Å². The van der Waals surface area contributed by atoms with E-state index in [-0.39, 0.29) is 11.7 Å². The molecule has 16 heavy (non-hydrogen) atoms. The number of halogens is 1. The van der Waals surface area contributed by atoms with E-state index in [9.17, 15) is 9.18 Å². The zero-order valence-electron chi connectivity index (χ0n) is 8.77. The summed E-state index contributed by atoms with van der Waals surface area (Å²) in [4.78, 5) is 16.7. The quantitative estimate of drug-likeness (QED) is 0.827. The maximum absolute atomic E-state index is 12.7. The van der Waals surface area contributed by atoms with Crippen molar-refractivity contribution in [1.29, 1.82) is 0 Å². The Morgan fingerprint density at radius 3 is 2.62 bits per heavy atom. The lowest BCUT2D eigenvalue weighted by atomic mass is 9.97. The highest BCUT2D eigenvalue weighted by Crippen LogP contribution is 2.21. The molecule has 1 fully saturated rings. The van der Waals surface area contributed by atoms with E-state index in [1.807, 2.05) is 4.90 Å². The molecule has 0 radical (unpaired) electrons. The fourth-order valence-corrected chi connectivity index (χ4v) is 1.91. The minimum absolute atomic E-state index is 0.253. The number of anilines is 1. The van der Waals surface area contributed by atoms with Crippen LogP contribution in [-0.2, 0) is 4.79 Å². The lowest BCUT2D eigenvalue weighted by Crippen LogP contribution is -2.36. The Labute approximate surface area is 92.7 Å². The van der Waals surface area contributed by atoms with Gasteiger partial charge >= 0.3 is 5.97 Å². The van der Waals surface area contributed by atoms with Crippen molar-refractivity contribution in [3.05, 3.63) is 24.1 Å². The predicted octanol–water partition coefficient (Wildman–Crippen LogP) is 1.52. The average Bonchev–Trinajstić information content (AvgIpc) is 2.30. The monoisotopic (exact) mass is 224 g/mol. The van der Waals surface area contributed by atoms with Crippen LogP contribution < -0.4 is 4.90 Å². The van der Waals surface area contributed by atoms with Gasteiger partial charge in [0, 0.05) is 13.1 Å². The molecule has 0 spiro atoms.